The summed E-state index contributed by atoms with van der Waals surface area (Å²) in [6.07, 6.45) is 1.96. The maximum absolute atomic E-state index is 11.1. The second-order valence-electron chi connectivity index (χ2n) is 3.56. The zero-order valence-corrected chi connectivity index (χ0v) is 10.2. The van der Waals surface area contributed by atoms with Gasteiger partial charge in [0.25, 0.3) is 0 Å². The highest BCUT2D eigenvalue weighted by Crippen LogP contribution is 2.18. The molecule has 1 rings (SSSR count). The quantitative estimate of drug-likeness (QED) is 0.613. The second-order valence-corrected chi connectivity index (χ2v) is 4.64. The summed E-state index contributed by atoms with van der Waals surface area (Å²) in [5.74, 6) is -0.155. The van der Waals surface area contributed by atoms with Crippen LogP contribution in [0.4, 0.5) is 0 Å². The third kappa shape index (κ3) is 3.49. The van der Waals surface area contributed by atoms with Crippen molar-refractivity contribution in [3.63, 3.8) is 0 Å². The average molecular weight is 244 g/mol. The molecule has 0 amide bonds. The predicted octanol–water partition coefficient (Wildman–Crippen LogP) is 0.740. The first-order valence-corrected chi connectivity index (χ1v) is 6.03. The Bertz CT molecular complexity index is 330. The van der Waals surface area contributed by atoms with E-state index in [1.165, 1.54) is 18.1 Å². The predicted molar refractivity (Wildman–Crippen MR) is 61.4 cm³/mol. The lowest BCUT2D eigenvalue weighted by Crippen LogP contribution is -2.49. The van der Waals surface area contributed by atoms with Crippen LogP contribution < -0.4 is 5.32 Å². The topological polar surface area (TPSA) is 90.9 Å². The molecule has 6 nitrogen and oxygen atoms in total. The van der Waals surface area contributed by atoms with Crippen molar-refractivity contribution >= 4 is 17.7 Å². The number of carboxylic acids is 1. The van der Waals surface area contributed by atoms with Gasteiger partial charge < -0.3 is 10.4 Å². The second kappa shape index (κ2) is 5.86. The number of rotatable bonds is 7. The highest BCUT2D eigenvalue weighted by atomic mass is 32.2. The minimum atomic E-state index is -0.873. The van der Waals surface area contributed by atoms with Gasteiger partial charge in [0, 0.05) is 5.75 Å². The standard InChI is InChI=1S/C9H16N4O2S/c1-3-11-9(2,7(14)15)4-5-16-8-10-6-12-13-8/h6,11H,3-5H2,1-2H3,(H,14,15)(H,10,12,13). The molecule has 0 saturated heterocycles. The molecule has 1 unspecified atom stereocenters. The third-order valence-electron chi connectivity index (χ3n) is 2.27. The van der Waals surface area contributed by atoms with Crippen molar-refractivity contribution in [3.05, 3.63) is 6.33 Å². The fraction of sp³-hybridized carbons (Fsp3) is 0.667. The highest BCUT2D eigenvalue weighted by Gasteiger charge is 2.31. The van der Waals surface area contributed by atoms with Crippen LogP contribution in [-0.2, 0) is 4.79 Å². The molecule has 0 aliphatic heterocycles. The Hall–Kier alpha value is -1.08. The summed E-state index contributed by atoms with van der Waals surface area (Å²) in [5.41, 5.74) is -0.873. The Morgan fingerprint density at radius 3 is 3.00 bits per heavy atom. The zero-order chi connectivity index (χ0) is 12.0. The van der Waals surface area contributed by atoms with E-state index in [0.717, 1.165) is 0 Å². The van der Waals surface area contributed by atoms with Gasteiger partial charge in [-0.05, 0) is 19.9 Å². The Kier molecular flexibility index (Phi) is 4.75. The van der Waals surface area contributed by atoms with Crippen LogP contribution in [0.5, 0.6) is 0 Å². The maximum Gasteiger partial charge on any atom is 0.323 e. The molecule has 1 atom stereocenters. The van der Waals surface area contributed by atoms with Gasteiger partial charge in [0.05, 0.1) is 0 Å². The molecule has 0 fully saturated rings. The summed E-state index contributed by atoms with van der Waals surface area (Å²) >= 11 is 1.46. The number of nitrogens with one attached hydrogen (secondary N) is 2. The number of aromatic amines is 1. The number of aromatic nitrogens is 3. The van der Waals surface area contributed by atoms with Crippen LogP contribution in [0.3, 0.4) is 0 Å². The largest absolute Gasteiger partial charge is 0.480 e. The molecule has 0 spiro atoms. The first kappa shape index (κ1) is 13.0. The molecule has 7 heteroatoms. The van der Waals surface area contributed by atoms with Crippen molar-refractivity contribution < 1.29 is 9.90 Å². The van der Waals surface area contributed by atoms with E-state index in [1.807, 2.05) is 6.92 Å². The van der Waals surface area contributed by atoms with Gasteiger partial charge >= 0.3 is 5.97 Å². The van der Waals surface area contributed by atoms with Gasteiger partial charge in [0.2, 0.25) is 0 Å². The van der Waals surface area contributed by atoms with Crippen molar-refractivity contribution in [3.8, 4) is 0 Å². The average Bonchev–Trinajstić information content (AvgIpc) is 2.70. The van der Waals surface area contributed by atoms with Gasteiger partial charge in [0.15, 0.2) is 5.16 Å². The molecule has 1 aromatic heterocycles. The van der Waals surface area contributed by atoms with Gasteiger partial charge in [-0.25, -0.2) is 4.98 Å². The molecule has 0 saturated carbocycles. The van der Waals surface area contributed by atoms with Crippen molar-refractivity contribution in [2.45, 2.75) is 31.0 Å². The number of nitrogens with zero attached hydrogens (tertiary/aromatic N) is 2. The smallest absolute Gasteiger partial charge is 0.323 e. The molecule has 3 N–H and O–H groups in total. The van der Waals surface area contributed by atoms with Crippen LogP contribution in [0.15, 0.2) is 11.5 Å². The van der Waals surface area contributed by atoms with Gasteiger partial charge in [-0.15, -0.1) is 0 Å². The Labute approximate surface area is 98.2 Å². The number of H-pyrrole nitrogens is 1. The maximum atomic E-state index is 11.1. The van der Waals surface area contributed by atoms with Gasteiger partial charge in [-0.1, -0.05) is 18.7 Å². The summed E-state index contributed by atoms with van der Waals surface area (Å²) in [6, 6.07) is 0. The molecule has 0 aliphatic rings. The molecule has 0 aromatic carbocycles. The highest BCUT2D eigenvalue weighted by molar-refractivity contribution is 7.99. The summed E-state index contributed by atoms with van der Waals surface area (Å²) < 4.78 is 0. The molecule has 16 heavy (non-hydrogen) atoms. The minimum absolute atomic E-state index is 0.529. The number of aliphatic carboxylic acids is 1. The number of carboxylic acid groups (broad SMARTS) is 1. The molecule has 1 heterocycles. The van der Waals surface area contributed by atoms with Gasteiger partial charge in [0.1, 0.15) is 11.9 Å². The number of likely N-dealkylation sites (N-methyl/N-ethyl adjacent to an activating group) is 1. The summed E-state index contributed by atoms with van der Waals surface area (Å²) in [4.78, 5) is 15.1. The van der Waals surface area contributed by atoms with Gasteiger partial charge in [-0.3, -0.25) is 9.89 Å². The van der Waals surface area contributed by atoms with E-state index in [-0.39, 0.29) is 0 Å². The van der Waals surface area contributed by atoms with Crippen LogP contribution in [0.1, 0.15) is 20.3 Å². The molecule has 90 valence electrons. The minimum Gasteiger partial charge on any atom is -0.480 e. The molecule has 0 bridgehead atoms. The molecule has 0 radical (unpaired) electrons. The molecular formula is C9H16N4O2S. The van der Waals surface area contributed by atoms with Crippen molar-refractivity contribution in [2.24, 2.45) is 0 Å². The van der Waals surface area contributed by atoms with Gasteiger partial charge in [-0.2, -0.15) is 5.10 Å². The van der Waals surface area contributed by atoms with Crippen LogP contribution >= 0.6 is 11.8 Å². The summed E-state index contributed by atoms with van der Waals surface area (Å²) in [7, 11) is 0. The molecule has 0 aliphatic carbocycles. The van der Waals surface area contributed by atoms with E-state index >= 15 is 0 Å². The van der Waals surface area contributed by atoms with E-state index in [4.69, 9.17) is 5.11 Å². The Balaban J connectivity index is 2.41. The normalized spacial score (nSPS) is 14.6. The van der Waals surface area contributed by atoms with Crippen LogP contribution in [0, 0.1) is 0 Å². The first-order valence-electron chi connectivity index (χ1n) is 5.05. The number of thioether (sulfide) groups is 1. The van der Waals surface area contributed by atoms with E-state index in [2.05, 4.69) is 20.5 Å². The number of carbonyl (C=O) groups is 1. The van der Waals surface area contributed by atoms with Crippen molar-refractivity contribution in [1.82, 2.24) is 20.5 Å². The van der Waals surface area contributed by atoms with Crippen molar-refractivity contribution in [1.29, 1.82) is 0 Å². The van der Waals surface area contributed by atoms with E-state index in [9.17, 15) is 4.79 Å². The van der Waals surface area contributed by atoms with Crippen LogP contribution in [0.2, 0.25) is 0 Å². The zero-order valence-electron chi connectivity index (χ0n) is 9.36. The van der Waals surface area contributed by atoms with E-state index in [0.29, 0.717) is 23.9 Å². The number of hydrogen-bond donors (Lipinski definition) is 3. The van der Waals surface area contributed by atoms with Crippen molar-refractivity contribution in [2.75, 3.05) is 12.3 Å². The number of hydrogen-bond acceptors (Lipinski definition) is 5. The molecular weight excluding hydrogens is 228 g/mol. The van der Waals surface area contributed by atoms with E-state index < -0.39 is 11.5 Å². The summed E-state index contributed by atoms with van der Waals surface area (Å²) in [6.45, 7) is 4.22. The first-order chi connectivity index (χ1) is 7.58. The lowest BCUT2D eigenvalue weighted by atomic mass is 9.99. The third-order valence-corrected chi connectivity index (χ3v) is 3.15. The fourth-order valence-electron chi connectivity index (χ4n) is 1.28. The van der Waals surface area contributed by atoms with Crippen LogP contribution in [-0.4, -0.2) is 44.1 Å². The molecule has 1 aromatic rings. The van der Waals surface area contributed by atoms with E-state index in [1.54, 1.807) is 6.92 Å². The lowest BCUT2D eigenvalue weighted by molar-refractivity contribution is -0.144. The summed E-state index contributed by atoms with van der Waals surface area (Å²) in [5, 5.41) is 19.2. The Morgan fingerprint density at radius 2 is 2.50 bits per heavy atom. The SMILES string of the molecule is CCNC(C)(CCSc1ncn[nH]1)C(=O)O. The Morgan fingerprint density at radius 1 is 1.75 bits per heavy atom. The van der Waals surface area contributed by atoms with Crippen LogP contribution in [0.25, 0.3) is 0 Å². The monoisotopic (exact) mass is 244 g/mol. The fourth-order valence-corrected chi connectivity index (χ4v) is 2.22. The lowest BCUT2D eigenvalue weighted by Gasteiger charge is -2.25.